The quantitative estimate of drug-likeness (QED) is 0.800. The number of carbonyl (C=O) groups excluding carboxylic acids is 1. The largest absolute Gasteiger partial charge is 0.296 e. The Labute approximate surface area is 129 Å². The van der Waals surface area contributed by atoms with Crippen LogP contribution in [-0.2, 0) is 5.41 Å². The van der Waals surface area contributed by atoms with Gasteiger partial charge < -0.3 is 0 Å². The summed E-state index contributed by atoms with van der Waals surface area (Å²) in [6, 6.07) is 7.44. The number of carbonyl (C=O) groups is 1. The second kappa shape index (κ2) is 5.54. The molecule has 100 valence electrons. The monoisotopic (exact) mass is 387 g/mol. The van der Waals surface area contributed by atoms with Crippen LogP contribution >= 0.6 is 33.9 Å². The van der Waals surface area contributed by atoms with Crippen molar-refractivity contribution in [2.75, 3.05) is 5.32 Å². The summed E-state index contributed by atoms with van der Waals surface area (Å²) in [6.45, 7) is 6.21. The molecule has 2 rings (SSSR count). The topological polar surface area (TPSA) is 54.9 Å². The molecule has 0 spiro atoms. The maximum absolute atomic E-state index is 12.1. The Morgan fingerprint density at radius 2 is 1.95 bits per heavy atom. The Bertz CT molecular complexity index is 604. The van der Waals surface area contributed by atoms with E-state index in [1.807, 2.05) is 18.2 Å². The summed E-state index contributed by atoms with van der Waals surface area (Å²) in [5.74, 6) is -0.151. The molecule has 0 aliphatic rings. The second-order valence-corrected chi connectivity index (χ2v) is 7.24. The molecule has 1 N–H and O–H groups in total. The van der Waals surface area contributed by atoms with Gasteiger partial charge in [-0.15, -0.1) is 10.2 Å². The first kappa shape index (κ1) is 14.4. The number of halogens is 1. The zero-order valence-electron chi connectivity index (χ0n) is 10.9. The van der Waals surface area contributed by atoms with Crippen LogP contribution in [0.4, 0.5) is 5.13 Å². The summed E-state index contributed by atoms with van der Waals surface area (Å²) in [5, 5.41) is 12.4. The molecular weight excluding hydrogens is 373 g/mol. The van der Waals surface area contributed by atoms with E-state index in [9.17, 15) is 4.79 Å². The Hall–Kier alpha value is -1.02. The third kappa shape index (κ3) is 3.50. The minimum Gasteiger partial charge on any atom is -0.296 e. The Morgan fingerprint density at radius 1 is 1.26 bits per heavy atom. The van der Waals surface area contributed by atoms with Crippen LogP contribution < -0.4 is 5.32 Å². The van der Waals surface area contributed by atoms with Crippen molar-refractivity contribution in [1.82, 2.24) is 10.2 Å². The summed E-state index contributed by atoms with van der Waals surface area (Å²) < 4.78 is 0.915. The number of amides is 1. The third-order valence-electron chi connectivity index (χ3n) is 2.41. The molecule has 1 amide bonds. The Balaban J connectivity index is 2.16. The van der Waals surface area contributed by atoms with Gasteiger partial charge in [-0.05, 0) is 34.7 Å². The van der Waals surface area contributed by atoms with Crippen LogP contribution in [0.15, 0.2) is 24.3 Å². The van der Waals surface area contributed by atoms with E-state index in [1.165, 1.54) is 11.3 Å². The number of rotatable bonds is 2. The molecule has 0 radical (unpaired) electrons. The molecule has 0 atom stereocenters. The second-order valence-electron chi connectivity index (χ2n) is 5.10. The average Bonchev–Trinajstić information content (AvgIpc) is 2.77. The van der Waals surface area contributed by atoms with E-state index in [-0.39, 0.29) is 11.3 Å². The fourth-order valence-electron chi connectivity index (χ4n) is 1.39. The van der Waals surface area contributed by atoms with Crippen LogP contribution in [0.3, 0.4) is 0 Å². The number of anilines is 1. The first-order valence-electron chi connectivity index (χ1n) is 5.78. The van der Waals surface area contributed by atoms with Crippen LogP contribution in [0.25, 0.3) is 0 Å². The van der Waals surface area contributed by atoms with E-state index >= 15 is 0 Å². The van der Waals surface area contributed by atoms with E-state index < -0.39 is 0 Å². The number of nitrogens with zero attached hydrogens (tertiary/aromatic N) is 2. The SMILES string of the molecule is CC(C)(C)c1nnc(NC(=O)c2ccccc2I)s1. The van der Waals surface area contributed by atoms with E-state index in [4.69, 9.17) is 0 Å². The first-order chi connectivity index (χ1) is 8.88. The van der Waals surface area contributed by atoms with Crippen LogP contribution in [0.2, 0.25) is 0 Å². The van der Waals surface area contributed by atoms with Gasteiger partial charge in [-0.1, -0.05) is 44.2 Å². The highest BCUT2D eigenvalue weighted by Gasteiger charge is 2.20. The Morgan fingerprint density at radius 3 is 2.53 bits per heavy atom. The summed E-state index contributed by atoms with van der Waals surface area (Å²) in [7, 11) is 0. The van der Waals surface area contributed by atoms with E-state index in [0.717, 1.165) is 8.58 Å². The molecule has 4 nitrogen and oxygen atoms in total. The molecule has 2 aromatic rings. The predicted octanol–water partition coefficient (Wildman–Crippen LogP) is 3.69. The molecule has 6 heteroatoms. The normalized spacial score (nSPS) is 11.4. The smallest absolute Gasteiger partial charge is 0.258 e. The van der Waals surface area contributed by atoms with Gasteiger partial charge >= 0.3 is 0 Å². The highest BCUT2D eigenvalue weighted by molar-refractivity contribution is 14.1. The molecule has 0 unspecified atom stereocenters. The fraction of sp³-hybridized carbons (Fsp3) is 0.308. The minimum atomic E-state index is -0.151. The maximum Gasteiger partial charge on any atom is 0.258 e. The van der Waals surface area contributed by atoms with Crippen molar-refractivity contribution in [3.8, 4) is 0 Å². The van der Waals surface area contributed by atoms with Gasteiger partial charge in [0, 0.05) is 8.99 Å². The standard InChI is InChI=1S/C13H14IN3OS/c1-13(2,3)11-16-17-12(19-11)15-10(18)8-6-4-5-7-9(8)14/h4-7H,1-3H3,(H,15,17,18). The van der Waals surface area contributed by atoms with Gasteiger partial charge in [-0.25, -0.2) is 0 Å². The van der Waals surface area contributed by atoms with Crippen molar-refractivity contribution in [2.24, 2.45) is 0 Å². The van der Waals surface area contributed by atoms with Crippen molar-refractivity contribution in [2.45, 2.75) is 26.2 Å². The van der Waals surface area contributed by atoms with Crippen molar-refractivity contribution in [3.05, 3.63) is 38.4 Å². The van der Waals surface area contributed by atoms with Crippen LogP contribution in [0.1, 0.15) is 36.1 Å². The van der Waals surface area contributed by atoms with Crippen LogP contribution in [-0.4, -0.2) is 16.1 Å². The van der Waals surface area contributed by atoms with Gasteiger partial charge in [-0.2, -0.15) is 0 Å². The zero-order valence-corrected chi connectivity index (χ0v) is 13.9. The molecule has 0 aliphatic heterocycles. The van der Waals surface area contributed by atoms with Crippen LogP contribution in [0.5, 0.6) is 0 Å². The number of benzene rings is 1. The molecule has 0 saturated heterocycles. The van der Waals surface area contributed by atoms with Crippen molar-refractivity contribution in [3.63, 3.8) is 0 Å². The lowest BCUT2D eigenvalue weighted by Crippen LogP contribution is -2.13. The number of aromatic nitrogens is 2. The molecule has 1 aromatic heterocycles. The highest BCUT2D eigenvalue weighted by atomic mass is 127. The van der Waals surface area contributed by atoms with Crippen molar-refractivity contribution < 1.29 is 4.79 Å². The highest BCUT2D eigenvalue weighted by Crippen LogP contribution is 2.28. The number of hydrogen-bond donors (Lipinski definition) is 1. The predicted molar refractivity (Wildman–Crippen MR) is 85.7 cm³/mol. The zero-order chi connectivity index (χ0) is 14.0. The summed E-state index contributed by atoms with van der Waals surface area (Å²) in [6.07, 6.45) is 0. The summed E-state index contributed by atoms with van der Waals surface area (Å²) >= 11 is 3.55. The van der Waals surface area contributed by atoms with Crippen LogP contribution in [0, 0.1) is 3.57 Å². The third-order valence-corrected chi connectivity index (χ3v) is 4.61. The number of nitrogens with one attached hydrogen (secondary N) is 1. The lowest BCUT2D eigenvalue weighted by molar-refractivity contribution is 0.102. The molecule has 0 bridgehead atoms. The molecule has 0 fully saturated rings. The van der Waals surface area contributed by atoms with E-state index in [1.54, 1.807) is 6.07 Å². The molecule has 0 saturated carbocycles. The van der Waals surface area contributed by atoms with Crippen molar-refractivity contribution >= 4 is 45.0 Å². The fourth-order valence-corrected chi connectivity index (χ4v) is 2.82. The summed E-state index contributed by atoms with van der Waals surface area (Å²) in [4.78, 5) is 12.1. The first-order valence-corrected chi connectivity index (χ1v) is 7.67. The minimum absolute atomic E-state index is 0.0538. The molecule has 1 aromatic carbocycles. The van der Waals surface area contributed by atoms with Gasteiger partial charge in [0.1, 0.15) is 5.01 Å². The van der Waals surface area contributed by atoms with E-state index in [0.29, 0.717) is 10.7 Å². The van der Waals surface area contributed by atoms with E-state index in [2.05, 4.69) is 58.9 Å². The van der Waals surface area contributed by atoms with Gasteiger partial charge in [0.15, 0.2) is 0 Å². The molecule has 19 heavy (non-hydrogen) atoms. The average molecular weight is 387 g/mol. The molecule has 0 aliphatic carbocycles. The van der Waals surface area contributed by atoms with Gasteiger partial charge in [0.2, 0.25) is 5.13 Å². The Kier molecular flexibility index (Phi) is 4.19. The molecular formula is C13H14IN3OS. The summed E-state index contributed by atoms with van der Waals surface area (Å²) in [5.41, 5.74) is 0.595. The maximum atomic E-state index is 12.1. The number of hydrogen-bond acceptors (Lipinski definition) is 4. The van der Waals surface area contributed by atoms with Gasteiger partial charge in [0.25, 0.3) is 5.91 Å². The molecule has 1 heterocycles. The van der Waals surface area contributed by atoms with Gasteiger partial charge in [0.05, 0.1) is 5.56 Å². The van der Waals surface area contributed by atoms with Gasteiger partial charge in [-0.3, -0.25) is 10.1 Å². The lowest BCUT2D eigenvalue weighted by Gasteiger charge is -2.12. The lowest BCUT2D eigenvalue weighted by atomic mass is 9.98. The van der Waals surface area contributed by atoms with Crippen molar-refractivity contribution in [1.29, 1.82) is 0 Å².